The Labute approximate surface area is 126 Å². The fourth-order valence-electron chi connectivity index (χ4n) is 3.08. The number of piperidine rings is 1. The van der Waals surface area contributed by atoms with Crippen molar-refractivity contribution in [2.45, 2.75) is 51.6 Å². The molecule has 5 nitrogen and oxygen atoms in total. The topological polar surface area (TPSA) is 50.2 Å². The van der Waals surface area contributed by atoms with E-state index in [4.69, 9.17) is 0 Å². The van der Waals surface area contributed by atoms with Gasteiger partial charge in [-0.1, -0.05) is 0 Å². The molecule has 116 valence electrons. The second kappa shape index (κ2) is 6.60. The van der Waals surface area contributed by atoms with Gasteiger partial charge in [0.25, 0.3) is 5.56 Å². The van der Waals surface area contributed by atoms with E-state index in [9.17, 15) is 4.79 Å². The van der Waals surface area contributed by atoms with Gasteiger partial charge in [0.15, 0.2) is 0 Å². The second-order valence-electron chi connectivity index (χ2n) is 6.40. The maximum absolute atomic E-state index is 12.2. The van der Waals surface area contributed by atoms with E-state index < -0.39 is 0 Å². The fraction of sp³-hybridized carbons (Fsp3) is 0.750. The molecule has 1 saturated carbocycles. The van der Waals surface area contributed by atoms with Gasteiger partial charge in [0.1, 0.15) is 0 Å². The summed E-state index contributed by atoms with van der Waals surface area (Å²) in [7, 11) is 0. The van der Waals surface area contributed by atoms with Gasteiger partial charge in [0.2, 0.25) is 0 Å². The highest BCUT2D eigenvalue weighted by molar-refractivity contribution is 5.43. The predicted octanol–water partition coefficient (Wildman–Crippen LogP) is 1.62. The predicted molar refractivity (Wildman–Crippen MR) is 84.7 cm³/mol. The lowest BCUT2D eigenvalue weighted by Gasteiger charge is -2.28. The average Bonchev–Trinajstić information content (AvgIpc) is 3.34. The molecule has 3 rings (SSSR count). The highest BCUT2D eigenvalue weighted by Gasteiger charge is 2.27. The summed E-state index contributed by atoms with van der Waals surface area (Å²) < 4.78 is 1.57. The van der Waals surface area contributed by atoms with E-state index >= 15 is 0 Å². The summed E-state index contributed by atoms with van der Waals surface area (Å²) in [5.41, 5.74) is 0.995. The number of aromatic nitrogens is 2. The number of nitrogens with zero attached hydrogens (tertiary/aromatic N) is 3. The SMILES string of the molecule is CC(NCCn1ncc(N2CCCCC2)cc1=O)C1CC1. The third-order valence-corrected chi connectivity index (χ3v) is 4.70. The van der Waals surface area contributed by atoms with Gasteiger partial charge in [-0.05, 0) is 44.9 Å². The normalized spacial score (nSPS) is 20.5. The van der Waals surface area contributed by atoms with Crippen molar-refractivity contribution in [3.05, 3.63) is 22.6 Å². The Balaban J connectivity index is 1.54. The molecule has 1 aliphatic heterocycles. The lowest BCUT2D eigenvalue weighted by Crippen LogP contribution is -2.35. The van der Waals surface area contributed by atoms with Gasteiger partial charge in [-0.2, -0.15) is 5.10 Å². The molecule has 1 atom stereocenters. The first kappa shape index (κ1) is 14.6. The average molecular weight is 290 g/mol. The number of anilines is 1. The van der Waals surface area contributed by atoms with Gasteiger partial charge in [0.05, 0.1) is 18.4 Å². The zero-order valence-corrected chi connectivity index (χ0v) is 12.9. The van der Waals surface area contributed by atoms with Crippen molar-refractivity contribution >= 4 is 5.69 Å². The number of rotatable bonds is 6. The van der Waals surface area contributed by atoms with Crippen LogP contribution in [-0.2, 0) is 6.54 Å². The van der Waals surface area contributed by atoms with Crippen LogP contribution in [0.25, 0.3) is 0 Å². The standard InChI is InChI=1S/C16H26N4O/c1-13(14-5-6-14)17-7-10-20-16(21)11-15(12-18-20)19-8-3-2-4-9-19/h11-14,17H,2-10H2,1H3. The van der Waals surface area contributed by atoms with Crippen molar-refractivity contribution in [3.8, 4) is 0 Å². The molecule has 2 fully saturated rings. The van der Waals surface area contributed by atoms with Gasteiger partial charge in [-0.25, -0.2) is 4.68 Å². The molecule has 1 N–H and O–H groups in total. The van der Waals surface area contributed by atoms with Gasteiger partial charge < -0.3 is 10.2 Å². The van der Waals surface area contributed by atoms with Gasteiger partial charge in [-0.15, -0.1) is 0 Å². The molecule has 1 saturated heterocycles. The highest BCUT2D eigenvalue weighted by Crippen LogP contribution is 2.32. The van der Waals surface area contributed by atoms with E-state index in [-0.39, 0.29) is 5.56 Å². The van der Waals surface area contributed by atoms with Crippen LogP contribution in [0.3, 0.4) is 0 Å². The summed E-state index contributed by atoms with van der Waals surface area (Å²) in [6.45, 7) is 5.79. The third-order valence-electron chi connectivity index (χ3n) is 4.70. The maximum Gasteiger partial charge on any atom is 0.268 e. The summed E-state index contributed by atoms with van der Waals surface area (Å²) in [6, 6.07) is 2.30. The Morgan fingerprint density at radius 3 is 2.76 bits per heavy atom. The first-order valence-electron chi connectivity index (χ1n) is 8.29. The zero-order chi connectivity index (χ0) is 14.7. The monoisotopic (exact) mass is 290 g/mol. The van der Waals surface area contributed by atoms with Crippen LogP contribution in [0, 0.1) is 5.92 Å². The zero-order valence-electron chi connectivity index (χ0n) is 12.9. The molecule has 2 heterocycles. The molecule has 2 aliphatic rings. The largest absolute Gasteiger partial charge is 0.370 e. The molecule has 1 aliphatic carbocycles. The lowest BCUT2D eigenvalue weighted by atomic mass is 10.1. The van der Waals surface area contributed by atoms with Crippen LogP contribution >= 0.6 is 0 Å². The number of hydrogen-bond acceptors (Lipinski definition) is 4. The molecule has 0 aromatic carbocycles. The Kier molecular flexibility index (Phi) is 4.58. The molecule has 1 aromatic rings. The molecule has 0 radical (unpaired) electrons. The minimum Gasteiger partial charge on any atom is -0.370 e. The summed E-state index contributed by atoms with van der Waals surface area (Å²) in [5.74, 6) is 0.844. The van der Waals surface area contributed by atoms with Crippen LogP contribution in [0.2, 0.25) is 0 Å². The van der Waals surface area contributed by atoms with E-state index in [2.05, 4.69) is 22.2 Å². The van der Waals surface area contributed by atoms with Gasteiger partial charge in [-0.3, -0.25) is 4.79 Å². The minimum atomic E-state index is 0.0129. The summed E-state index contributed by atoms with van der Waals surface area (Å²) >= 11 is 0. The van der Waals surface area contributed by atoms with Crippen LogP contribution in [-0.4, -0.2) is 35.5 Å². The molecule has 1 unspecified atom stereocenters. The molecule has 21 heavy (non-hydrogen) atoms. The number of hydrogen-bond donors (Lipinski definition) is 1. The van der Waals surface area contributed by atoms with Gasteiger partial charge >= 0.3 is 0 Å². The fourth-order valence-corrected chi connectivity index (χ4v) is 3.08. The summed E-state index contributed by atoms with van der Waals surface area (Å²) in [4.78, 5) is 14.4. The van der Waals surface area contributed by atoms with E-state index in [0.717, 1.165) is 31.2 Å². The van der Waals surface area contributed by atoms with Gasteiger partial charge in [0, 0.05) is 31.7 Å². The molecular formula is C16H26N4O. The molecule has 1 aromatic heterocycles. The van der Waals surface area contributed by atoms with Crippen molar-refractivity contribution in [1.29, 1.82) is 0 Å². The van der Waals surface area contributed by atoms with Crippen molar-refractivity contribution in [3.63, 3.8) is 0 Å². The second-order valence-corrected chi connectivity index (χ2v) is 6.40. The summed E-state index contributed by atoms with van der Waals surface area (Å²) in [5, 5.41) is 7.82. The Morgan fingerprint density at radius 2 is 2.10 bits per heavy atom. The lowest BCUT2D eigenvalue weighted by molar-refractivity contribution is 0.454. The summed E-state index contributed by atoms with van der Waals surface area (Å²) in [6.07, 6.45) is 8.26. The van der Waals surface area contributed by atoms with E-state index in [1.54, 1.807) is 10.7 Å². The first-order valence-corrected chi connectivity index (χ1v) is 8.29. The molecular weight excluding hydrogens is 264 g/mol. The van der Waals surface area contributed by atoms with Crippen molar-refractivity contribution < 1.29 is 0 Å². The van der Waals surface area contributed by atoms with Crippen LogP contribution in [0.5, 0.6) is 0 Å². The van der Waals surface area contributed by atoms with E-state index in [0.29, 0.717) is 12.6 Å². The number of nitrogens with one attached hydrogen (secondary N) is 1. The molecule has 0 spiro atoms. The molecule has 0 bridgehead atoms. The highest BCUT2D eigenvalue weighted by atomic mass is 16.1. The van der Waals surface area contributed by atoms with Crippen LogP contribution < -0.4 is 15.8 Å². The van der Waals surface area contributed by atoms with Crippen molar-refractivity contribution in [2.24, 2.45) is 5.92 Å². The Hall–Kier alpha value is -1.36. The van der Waals surface area contributed by atoms with Crippen LogP contribution in [0.1, 0.15) is 39.0 Å². The van der Waals surface area contributed by atoms with E-state index in [1.165, 1.54) is 32.1 Å². The maximum atomic E-state index is 12.2. The van der Waals surface area contributed by atoms with Crippen molar-refractivity contribution in [1.82, 2.24) is 15.1 Å². The van der Waals surface area contributed by atoms with Crippen molar-refractivity contribution in [2.75, 3.05) is 24.5 Å². The molecule has 0 amide bonds. The smallest absolute Gasteiger partial charge is 0.268 e. The third kappa shape index (κ3) is 3.84. The van der Waals surface area contributed by atoms with E-state index in [1.807, 2.05) is 6.20 Å². The van der Waals surface area contributed by atoms with Crippen LogP contribution in [0.15, 0.2) is 17.1 Å². The quantitative estimate of drug-likeness (QED) is 0.865. The first-order chi connectivity index (χ1) is 10.2. The molecule has 5 heteroatoms. The Morgan fingerprint density at radius 1 is 1.33 bits per heavy atom. The van der Waals surface area contributed by atoms with Crippen LogP contribution in [0.4, 0.5) is 5.69 Å². The Bertz CT molecular complexity index is 517. The minimum absolute atomic E-state index is 0.0129.